The minimum Gasteiger partial charge on any atom is -0.139 e. The number of hydrogen-bond acceptors (Lipinski definition) is 4. The summed E-state index contributed by atoms with van der Waals surface area (Å²) in [5, 5.41) is 10.8. The largest absolute Gasteiger partial charge is 0.139 e. The Bertz CT molecular complexity index is 144. The van der Waals surface area contributed by atoms with Crippen molar-refractivity contribution in [3.63, 3.8) is 0 Å². The van der Waals surface area contributed by atoms with Gasteiger partial charge in [-0.1, -0.05) is 0 Å². The summed E-state index contributed by atoms with van der Waals surface area (Å²) >= 11 is 3.87. The quantitative estimate of drug-likeness (QED) is 0.396. The molecule has 0 saturated heterocycles. The van der Waals surface area contributed by atoms with Crippen molar-refractivity contribution in [3.8, 4) is 0 Å². The topological polar surface area (TPSA) is 38.7 Å². The normalized spacial score (nSPS) is 7.62. The maximum absolute atomic E-state index is 3.87. The van der Waals surface area contributed by atoms with E-state index in [4.69, 9.17) is 0 Å². The smallest absolute Gasteiger partial charge is 0.119 e. The summed E-state index contributed by atoms with van der Waals surface area (Å²) in [7, 11) is 0. The Kier molecular flexibility index (Phi) is 4.45. The summed E-state index contributed by atoms with van der Waals surface area (Å²) < 4.78 is 0. The van der Waals surface area contributed by atoms with Gasteiger partial charge in [0.2, 0.25) is 0 Å². The molecule has 0 aliphatic rings. The van der Waals surface area contributed by atoms with Gasteiger partial charge in [-0.3, -0.25) is 0 Å². The van der Waals surface area contributed by atoms with Crippen molar-refractivity contribution in [1.82, 2.24) is 15.4 Å². The summed E-state index contributed by atoms with van der Waals surface area (Å²) in [6, 6.07) is 1.66. The van der Waals surface area contributed by atoms with Gasteiger partial charge >= 0.3 is 0 Å². The van der Waals surface area contributed by atoms with E-state index in [2.05, 4.69) is 28.0 Å². The first-order valence-electron chi connectivity index (χ1n) is 1.73. The third-order valence-corrected chi connectivity index (χ3v) is 0.728. The molecule has 0 amide bonds. The fourth-order valence-electron chi connectivity index (χ4n) is 0.235. The van der Waals surface area contributed by atoms with E-state index in [1.54, 1.807) is 6.07 Å². The molecule has 3 nitrogen and oxygen atoms in total. The van der Waals surface area contributed by atoms with E-state index >= 15 is 0 Å². The molecule has 8 heavy (non-hydrogen) atoms. The van der Waals surface area contributed by atoms with Crippen molar-refractivity contribution in [1.29, 1.82) is 0 Å². The molecule has 1 aromatic rings. The Labute approximate surface area is 74.6 Å². The SMILES string of the molecule is Sc1ccnnn1.[Na]. The number of hydrogen-bond donors (Lipinski definition) is 1. The molecule has 0 saturated carbocycles. The van der Waals surface area contributed by atoms with Gasteiger partial charge in [0.25, 0.3) is 0 Å². The number of nitrogens with zero attached hydrogens (tertiary/aromatic N) is 3. The van der Waals surface area contributed by atoms with E-state index in [-0.39, 0.29) is 29.6 Å². The second-order valence-electron chi connectivity index (χ2n) is 0.979. The molecule has 0 aliphatic heterocycles. The van der Waals surface area contributed by atoms with E-state index in [0.717, 1.165) is 0 Å². The first kappa shape index (κ1) is 8.36. The molecule has 1 rings (SSSR count). The first-order chi connectivity index (χ1) is 3.39. The fraction of sp³-hybridized carbons (Fsp3) is 0. The van der Waals surface area contributed by atoms with Crippen LogP contribution in [0.4, 0.5) is 0 Å². The minimum absolute atomic E-state index is 0. The van der Waals surface area contributed by atoms with Crippen molar-refractivity contribution in [2.24, 2.45) is 0 Å². The third-order valence-electron chi connectivity index (χ3n) is 0.489. The summed E-state index contributed by atoms with van der Waals surface area (Å²) in [4.78, 5) is 0. The second-order valence-corrected chi connectivity index (χ2v) is 1.44. The molecule has 0 spiro atoms. The summed E-state index contributed by atoms with van der Waals surface area (Å²) in [6.07, 6.45) is 1.54. The first-order valence-corrected chi connectivity index (χ1v) is 2.17. The molecule has 0 atom stereocenters. The van der Waals surface area contributed by atoms with Gasteiger partial charge in [-0.2, -0.15) is 0 Å². The summed E-state index contributed by atoms with van der Waals surface area (Å²) in [5.74, 6) is 0. The van der Waals surface area contributed by atoms with Crippen LogP contribution in [-0.2, 0) is 0 Å². The van der Waals surface area contributed by atoms with Gasteiger partial charge in [0, 0.05) is 29.6 Å². The third kappa shape index (κ3) is 2.61. The van der Waals surface area contributed by atoms with Crippen LogP contribution in [0, 0.1) is 0 Å². The number of thiol groups is 1. The summed E-state index contributed by atoms with van der Waals surface area (Å²) in [5.41, 5.74) is 0. The molecule has 0 fully saturated rings. The number of rotatable bonds is 0. The van der Waals surface area contributed by atoms with Gasteiger partial charge in [0.1, 0.15) is 5.03 Å². The molecule has 0 N–H and O–H groups in total. The predicted molar refractivity (Wildman–Crippen MR) is 32.8 cm³/mol. The standard InChI is InChI=1S/C3H3N3S.Na/c7-3-1-2-4-6-5-3;/h1-2H,(H,4,5,7);. The van der Waals surface area contributed by atoms with Gasteiger partial charge in [-0.15, -0.1) is 22.8 Å². The molecule has 1 aromatic heterocycles. The molecule has 0 aliphatic carbocycles. The van der Waals surface area contributed by atoms with Crippen LogP contribution in [0.3, 0.4) is 0 Å². The molecule has 0 bridgehead atoms. The average molecular weight is 136 g/mol. The predicted octanol–water partition coefficient (Wildman–Crippen LogP) is -0.221. The molecular weight excluding hydrogens is 133 g/mol. The van der Waals surface area contributed by atoms with E-state index in [9.17, 15) is 0 Å². The van der Waals surface area contributed by atoms with Crippen LogP contribution in [0.5, 0.6) is 0 Å². The van der Waals surface area contributed by atoms with Gasteiger partial charge in [-0.25, -0.2) is 0 Å². The molecular formula is C3H3N3NaS. The van der Waals surface area contributed by atoms with Crippen molar-refractivity contribution in [2.45, 2.75) is 5.03 Å². The van der Waals surface area contributed by atoms with Crippen LogP contribution < -0.4 is 0 Å². The van der Waals surface area contributed by atoms with Crippen LogP contribution in [0.15, 0.2) is 17.3 Å². The van der Waals surface area contributed by atoms with Crippen LogP contribution >= 0.6 is 12.6 Å². The molecule has 37 valence electrons. The average Bonchev–Trinajstić information content (AvgIpc) is 1.69. The Morgan fingerprint density at radius 2 is 2.25 bits per heavy atom. The fourth-order valence-corrected chi connectivity index (χ4v) is 0.341. The molecule has 0 unspecified atom stereocenters. The molecule has 1 heterocycles. The van der Waals surface area contributed by atoms with Gasteiger partial charge in [0.05, 0.1) is 6.20 Å². The van der Waals surface area contributed by atoms with Gasteiger partial charge in [-0.05, 0) is 11.3 Å². The van der Waals surface area contributed by atoms with Crippen LogP contribution in [0.1, 0.15) is 0 Å². The van der Waals surface area contributed by atoms with Crippen LogP contribution in [0.2, 0.25) is 0 Å². The van der Waals surface area contributed by atoms with Crippen molar-refractivity contribution in [2.75, 3.05) is 0 Å². The van der Waals surface area contributed by atoms with Gasteiger partial charge in [0.15, 0.2) is 0 Å². The maximum atomic E-state index is 3.87. The van der Waals surface area contributed by atoms with Gasteiger partial charge < -0.3 is 0 Å². The van der Waals surface area contributed by atoms with E-state index < -0.39 is 0 Å². The molecule has 0 aromatic carbocycles. The van der Waals surface area contributed by atoms with Crippen molar-refractivity contribution in [3.05, 3.63) is 12.3 Å². The minimum atomic E-state index is 0. The Morgan fingerprint density at radius 3 is 2.50 bits per heavy atom. The van der Waals surface area contributed by atoms with Crippen LogP contribution in [0.25, 0.3) is 0 Å². The zero-order chi connectivity index (χ0) is 5.11. The second kappa shape index (κ2) is 4.26. The maximum Gasteiger partial charge on any atom is 0.119 e. The zero-order valence-corrected chi connectivity index (χ0v) is 7.34. The number of aromatic nitrogens is 3. The van der Waals surface area contributed by atoms with Crippen LogP contribution in [-0.4, -0.2) is 45.0 Å². The zero-order valence-electron chi connectivity index (χ0n) is 4.44. The Hall–Kier alpha value is 0.360. The molecule has 1 radical (unpaired) electrons. The molecule has 5 heteroatoms. The van der Waals surface area contributed by atoms with Crippen molar-refractivity contribution < 1.29 is 0 Å². The Balaban J connectivity index is 0.000000490. The van der Waals surface area contributed by atoms with E-state index in [1.165, 1.54) is 6.20 Å². The monoisotopic (exact) mass is 136 g/mol. The Morgan fingerprint density at radius 1 is 1.50 bits per heavy atom. The van der Waals surface area contributed by atoms with E-state index in [1.807, 2.05) is 0 Å². The summed E-state index contributed by atoms with van der Waals surface area (Å²) in [6.45, 7) is 0. The van der Waals surface area contributed by atoms with E-state index in [0.29, 0.717) is 5.03 Å². The van der Waals surface area contributed by atoms with Crippen molar-refractivity contribution >= 4 is 42.2 Å².